The Kier molecular flexibility index (Phi) is 4.58. The van der Waals surface area contributed by atoms with Crippen LogP contribution in [0.3, 0.4) is 0 Å². The topological polar surface area (TPSA) is 63.3 Å². The van der Waals surface area contributed by atoms with Gasteiger partial charge in [-0.15, -0.1) is 0 Å². The molecule has 0 aromatic rings. The van der Waals surface area contributed by atoms with Crippen LogP contribution in [0.5, 0.6) is 0 Å². The molecule has 0 unspecified atom stereocenters. The number of carbonyl (C=O) groups is 1. The van der Waals surface area contributed by atoms with E-state index in [0.717, 1.165) is 18.8 Å². The van der Waals surface area contributed by atoms with Crippen LogP contribution in [0, 0.1) is 11.3 Å². The van der Waals surface area contributed by atoms with Crippen LogP contribution in [-0.4, -0.2) is 17.6 Å². The Labute approximate surface area is 92.0 Å². The van der Waals surface area contributed by atoms with Crippen molar-refractivity contribution < 1.29 is 9.90 Å². The highest BCUT2D eigenvalue weighted by molar-refractivity contribution is 5.67. The number of hydrogen-bond acceptors (Lipinski definition) is 2. The highest BCUT2D eigenvalue weighted by Gasteiger charge is 2.35. The first-order chi connectivity index (χ1) is 7.12. The van der Waals surface area contributed by atoms with E-state index in [2.05, 4.69) is 6.92 Å². The smallest absolute Gasteiger partial charge is 0.303 e. The van der Waals surface area contributed by atoms with E-state index in [4.69, 9.17) is 10.8 Å². The first kappa shape index (κ1) is 12.5. The van der Waals surface area contributed by atoms with Gasteiger partial charge in [0.05, 0.1) is 6.42 Å². The molecule has 1 saturated carbocycles. The average Bonchev–Trinajstić information content (AvgIpc) is 2.21. The lowest BCUT2D eigenvalue weighted by molar-refractivity contribution is -0.140. The lowest BCUT2D eigenvalue weighted by Crippen LogP contribution is -2.36. The van der Waals surface area contributed by atoms with E-state index in [-0.39, 0.29) is 11.8 Å². The Morgan fingerprint density at radius 1 is 1.47 bits per heavy atom. The van der Waals surface area contributed by atoms with Crippen LogP contribution in [0.2, 0.25) is 0 Å². The Bertz CT molecular complexity index is 208. The predicted molar refractivity (Wildman–Crippen MR) is 60.6 cm³/mol. The van der Waals surface area contributed by atoms with Crippen molar-refractivity contribution in [2.45, 2.75) is 51.9 Å². The molecule has 1 rings (SSSR count). The van der Waals surface area contributed by atoms with Crippen LogP contribution < -0.4 is 5.73 Å². The molecule has 0 radical (unpaired) electrons. The van der Waals surface area contributed by atoms with Crippen molar-refractivity contribution in [2.75, 3.05) is 6.54 Å². The Balaban J connectivity index is 2.47. The predicted octanol–water partition coefficient (Wildman–Crippen LogP) is 2.40. The van der Waals surface area contributed by atoms with Crippen molar-refractivity contribution in [1.82, 2.24) is 0 Å². The largest absolute Gasteiger partial charge is 0.481 e. The molecule has 1 aliphatic rings. The second kappa shape index (κ2) is 5.50. The quantitative estimate of drug-likeness (QED) is 0.737. The van der Waals surface area contributed by atoms with Gasteiger partial charge in [0.2, 0.25) is 0 Å². The van der Waals surface area contributed by atoms with Gasteiger partial charge in [0, 0.05) is 0 Å². The summed E-state index contributed by atoms with van der Waals surface area (Å²) < 4.78 is 0. The Morgan fingerprint density at radius 2 is 2.07 bits per heavy atom. The minimum Gasteiger partial charge on any atom is -0.481 e. The van der Waals surface area contributed by atoms with Gasteiger partial charge >= 0.3 is 5.97 Å². The zero-order valence-electron chi connectivity index (χ0n) is 9.67. The first-order valence-electron chi connectivity index (χ1n) is 6.04. The lowest BCUT2D eigenvalue weighted by Gasteiger charge is -2.38. The van der Waals surface area contributed by atoms with Crippen molar-refractivity contribution in [3.63, 3.8) is 0 Å². The second-order valence-corrected chi connectivity index (χ2v) is 5.01. The van der Waals surface area contributed by atoms with E-state index in [0.29, 0.717) is 6.54 Å². The monoisotopic (exact) mass is 213 g/mol. The maximum Gasteiger partial charge on any atom is 0.303 e. The van der Waals surface area contributed by atoms with Gasteiger partial charge in [0.1, 0.15) is 0 Å². The summed E-state index contributed by atoms with van der Waals surface area (Å²) in [6.07, 6.45) is 7.10. The van der Waals surface area contributed by atoms with E-state index in [1.165, 1.54) is 25.7 Å². The summed E-state index contributed by atoms with van der Waals surface area (Å²) in [5, 5.41) is 8.88. The molecule has 0 aromatic heterocycles. The SMILES string of the molecule is CCCC1CCC(CN)(CC(=O)O)CC1. The molecule has 0 atom stereocenters. The molecule has 0 aromatic carbocycles. The fraction of sp³-hybridized carbons (Fsp3) is 0.917. The maximum atomic E-state index is 10.8. The van der Waals surface area contributed by atoms with Crippen LogP contribution >= 0.6 is 0 Å². The van der Waals surface area contributed by atoms with Crippen molar-refractivity contribution in [1.29, 1.82) is 0 Å². The third-order valence-electron chi connectivity index (χ3n) is 3.82. The molecule has 15 heavy (non-hydrogen) atoms. The minimum absolute atomic E-state index is 0.101. The van der Waals surface area contributed by atoms with Crippen molar-refractivity contribution >= 4 is 5.97 Å². The van der Waals surface area contributed by atoms with Gasteiger partial charge in [-0.25, -0.2) is 0 Å². The molecule has 0 bridgehead atoms. The van der Waals surface area contributed by atoms with E-state index in [9.17, 15) is 4.79 Å². The second-order valence-electron chi connectivity index (χ2n) is 5.01. The van der Waals surface area contributed by atoms with Crippen LogP contribution in [-0.2, 0) is 4.79 Å². The molecule has 88 valence electrons. The summed E-state index contributed by atoms with van der Waals surface area (Å²) in [5.41, 5.74) is 5.64. The molecule has 0 heterocycles. The summed E-state index contributed by atoms with van der Waals surface area (Å²) in [4.78, 5) is 10.8. The minimum atomic E-state index is -0.700. The van der Waals surface area contributed by atoms with Gasteiger partial charge in [-0.3, -0.25) is 4.79 Å². The van der Waals surface area contributed by atoms with E-state index < -0.39 is 5.97 Å². The summed E-state index contributed by atoms with van der Waals surface area (Å²) in [6.45, 7) is 2.74. The number of rotatable bonds is 5. The van der Waals surface area contributed by atoms with Crippen LogP contribution in [0.15, 0.2) is 0 Å². The van der Waals surface area contributed by atoms with Gasteiger partial charge in [0.25, 0.3) is 0 Å². The highest BCUT2D eigenvalue weighted by Crippen LogP contribution is 2.42. The molecule has 1 fully saturated rings. The summed E-state index contributed by atoms with van der Waals surface area (Å²) >= 11 is 0. The molecule has 3 heteroatoms. The summed E-state index contributed by atoms with van der Waals surface area (Å²) in [5.74, 6) is 0.109. The molecular weight excluding hydrogens is 190 g/mol. The van der Waals surface area contributed by atoms with Crippen molar-refractivity contribution in [3.8, 4) is 0 Å². The molecular formula is C12H23NO2. The Morgan fingerprint density at radius 3 is 2.47 bits per heavy atom. The standard InChI is InChI=1S/C12H23NO2/c1-2-3-10-4-6-12(9-13,7-5-10)8-11(14)15/h10H,2-9,13H2,1H3,(H,14,15). The van der Waals surface area contributed by atoms with E-state index in [1.54, 1.807) is 0 Å². The highest BCUT2D eigenvalue weighted by atomic mass is 16.4. The normalized spacial score (nSPS) is 31.5. The van der Waals surface area contributed by atoms with Gasteiger partial charge in [0.15, 0.2) is 0 Å². The number of carboxylic acids is 1. The zero-order chi connectivity index (χ0) is 11.3. The number of aliphatic carboxylic acids is 1. The molecule has 0 aliphatic heterocycles. The molecule has 3 N–H and O–H groups in total. The third kappa shape index (κ3) is 3.49. The van der Waals surface area contributed by atoms with Crippen LogP contribution in [0.25, 0.3) is 0 Å². The fourth-order valence-corrected chi connectivity index (χ4v) is 2.76. The number of hydrogen-bond donors (Lipinski definition) is 2. The van der Waals surface area contributed by atoms with Gasteiger partial charge in [-0.2, -0.15) is 0 Å². The fourth-order valence-electron chi connectivity index (χ4n) is 2.76. The van der Waals surface area contributed by atoms with Gasteiger partial charge in [-0.05, 0) is 43.6 Å². The third-order valence-corrected chi connectivity index (χ3v) is 3.82. The lowest BCUT2D eigenvalue weighted by atomic mass is 9.68. The van der Waals surface area contributed by atoms with Crippen molar-refractivity contribution in [2.24, 2.45) is 17.1 Å². The summed E-state index contributed by atoms with van der Waals surface area (Å²) in [6, 6.07) is 0. The van der Waals surface area contributed by atoms with Crippen LogP contribution in [0.1, 0.15) is 51.9 Å². The zero-order valence-corrected chi connectivity index (χ0v) is 9.67. The molecule has 0 saturated heterocycles. The maximum absolute atomic E-state index is 10.8. The average molecular weight is 213 g/mol. The molecule has 3 nitrogen and oxygen atoms in total. The first-order valence-corrected chi connectivity index (χ1v) is 6.04. The number of carboxylic acid groups (broad SMARTS) is 1. The van der Waals surface area contributed by atoms with Gasteiger partial charge in [-0.1, -0.05) is 19.8 Å². The van der Waals surface area contributed by atoms with Crippen LogP contribution in [0.4, 0.5) is 0 Å². The number of nitrogens with two attached hydrogens (primary N) is 1. The summed E-state index contributed by atoms with van der Waals surface area (Å²) in [7, 11) is 0. The van der Waals surface area contributed by atoms with E-state index >= 15 is 0 Å². The molecule has 0 amide bonds. The van der Waals surface area contributed by atoms with Gasteiger partial charge < -0.3 is 10.8 Å². The molecule has 1 aliphatic carbocycles. The molecule has 0 spiro atoms. The van der Waals surface area contributed by atoms with Crippen molar-refractivity contribution in [3.05, 3.63) is 0 Å². The van der Waals surface area contributed by atoms with E-state index in [1.807, 2.05) is 0 Å². The Hall–Kier alpha value is -0.570.